The summed E-state index contributed by atoms with van der Waals surface area (Å²) in [5, 5.41) is 4.13. The average Bonchev–Trinajstić information content (AvgIpc) is 3.26. The number of hydrogen-bond acceptors (Lipinski definition) is 6. The molecule has 0 N–H and O–H groups in total. The van der Waals surface area contributed by atoms with Crippen LogP contribution in [0.15, 0.2) is 23.0 Å². The summed E-state index contributed by atoms with van der Waals surface area (Å²) in [6, 6.07) is 4.33. The first-order valence-corrected chi connectivity index (χ1v) is 9.23. The minimum atomic E-state index is 0.716. The van der Waals surface area contributed by atoms with Crippen molar-refractivity contribution in [2.75, 3.05) is 32.8 Å². The number of aryl methyl sites for hydroxylation is 4. The number of nitrogens with zero attached hydrogens (tertiary/aromatic N) is 5. The zero-order valence-corrected chi connectivity index (χ0v) is 15.4. The molecule has 1 aliphatic heterocycles. The summed E-state index contributed by atoms with van der Waals surface area (Å²) in [4.78, 5) is 11.4. The van der Waals surface area contributed by atoms with Gasteiger partial charge in [0.1, 0.15) is 0 Å². The summed E-state index contributed by atoms with van der Waals surface area (Å²) in [6.45, 7) is 9.57. The second-order valence-electron chi connectivity index (χ2n) is 6.92. The molecule has 1 fully saturated rings. The van der Waals surface area contributed by atoms with Gasteiger partial charge in [-0.3, -0.25) is 4.90 Å². The Labute approximate surface area is 153 Å². The summed E-state index contributed by atoms with van der Waals surface area (Å²) in [5.74, 6) is 1.47. The first-order chi connectivity index (χ1) is 12.7. The second-order valence-corrected chi connectivity index (χ2v) is 6.92. The van der Waals surface area contributed by atoms with Crippen LogP contribution in [0.4, 0.5) is 0 Å². The Morgan fingerprint density at radius 1 is 1.04 bits per heavy atom. The molecule has 1 aliphatic rings. The molecule has 0 bridgehead atoms. The summed E-state index contributed by atoms with van der Waals surface area (Å²) in [7, 11) is 0. The van der Waals surface area contributed by atoms with Crippen molar-refractivity contribution in [3.8, 4) is 0 Å². The van der Waals surface area contributed by atoms with Gasteiger partial charge in [-0.15, -0.1) is 0 Å². The van der Waals surface area contributed by atoms with E-state index >= 15 is 0 Å². The van der Waals surface area contributed by atoms with E-state index in [0.717, 1.165) is 69.1 Å². The van der Waals surface area contributed by atoms with Crippen molar-refractivity contribution < 1.29 is 9.26 Å². The average molecular weight is 355 g/mol. The minimum Gasteiger partial charge on any atom is -0.379 e. The minimum absolute atomic E-state index is 0.716. The van der Waals surface area contributed by atoms with E-state index < -0.39 is 0 Å². The van der Waals surface area contributed by atoms with Crippen molar-refractivity contribution in [3.63, 3.8) is 0 Å². The van der Waals surface area contributed by atoms with Crippen molar-refractivity contribution >= 4 is 11.0 Å². The molecule has 3 heterocycles. The van der Waals surface area contributed by atoms with Crippen LogP contribution in [-0.4, -0.2) is 57.4 Å². The highest BCUT2D eigenvalue weighted by Crippen LogP contribution is 2.18. The first-order valence-electron chi connectivity index (χ1n) is 9.23. The van der Waals surface area contributed by atoms with E-state index in [-0.39, 0.29) is 0 Å². The Bertz CT molecular complexity index is 879. The maximum atomic E-state index is 5.40. The third kappa shape index (κ3) is 3.78. The van der Waals surface area contributed by atoms with Gasteiger partial charge in [0.05, 0.1) is 30.6 Å². The highest BCUT2D eigenvalue weighted by molar-refractivity contribution is 5.77. The van der Waals surface area contributed by atoms with E-state index in [0.29, 0.717) is 5.89 Å². The van der Waals surface area contributed by atoms with E-state index in [9.17, 15) is 0 Å². The van der Waals surface area contributed by atoms with E-state index in [2.05, 4.69) is 50.6 Å². The Balaban J connectivity index is 1.35. The summed E-state index contributed by atoms with van der Waals surface area (Å²) < 4.78 is 12.9. The van der Waals surface area contributed by atoms with Gasteiger partial charge < -0.3 is 13.8 Å². The van der Waals surface area contributed by atoms with Gasteiger partial charge in [0, 0.05) is 39.0 Å². The standard InChI is InChI=1S/C19H25N5O2/c1-14-11-16-17(12-15(14)2)24(13-20-16)6-3-18-21-19(26-22-18)4-5-23-7-9-25-10-8-23/h11-13H,3-10H2,1-2H3. The lowest BCUT2D eigenvalue weighted by Gasteiger charge is -2.25. The molecular weight excluding hydrogens is 330 g/mol. The van der Waals surface area contributed by atoms with Gasteiger partial charge in [0.2, 0.25) is 5.89 Å². The van der Waals surface area contributed by atoms with Crippen LogP contribution in [0.5, 0.6) is 0 Å². The smallest absolute Gasteiger partial charge is 0.227 e. The zero-order valence-electron chi connectivity index (χ0n) is 15.4. The Kier molecular flexibility index (Phi) is 4.99. The molecule has 1 aromatic carbocycles. The summed E-state index contributed by atoms with van der Waals surface area (Å²) in [5.41, 5.74) is 4.74. The van der Waals surface area contributed by atoms with Gasteiger partial charge in [0.15, 0.2) is 5.82 Å². The number of fused-ring (bicyclic) bond motifs is 1. The third-order valence-electron chi connectivity index (χ3n) is 5.07. The fourth-order valence-electron chi connectivity index (χ4n) is 3.28. The van der Waals surface area contributed by atoms with Gasteiger partial charge in [-0.1, -0.05) is 5.16 Å². The molecule has 2 aromatic heterocycles. The molecule has 0 atom stereocenters. The van der Waals surface area contributed by atoms with Crippen molar-refractivity contribution in [3.05, 3.63) is 41.3 Å². The molecule has 26 heavy (non-hydrogen) atoms. The molecule has 3 aromatic rings. The highest BCUT2D eigenvalue weighted by atomic mass is 16.5. The van der Waals surface area contributed by atoms with Crippen LogP contribution in [0.3, 0.4) is 0 Å². The molecule has 138 valence electrons. The van der Waals surface area contributed by atoms with Gasteiger partial charge >= 0.3 is 0 Å². The van der Waals surface area contributed by atoms with Crippen molar-refractivity contribution in [2.24, 2.45) is 0 Å². The molecule has 0 radical (unpaired) electrons. The number of imidazole rings is 1. The van der Waals surface area contributed by atoms with Crippen molar-refractivity contribution in [2.45, 2.75) is 33.2 Å². The third-order valence-corrected chi connectivity index (χ3v) is 5.07. The lowest BCUT2D eigenvalue weighted by Crippen LogP contribution is -2.37. The predicted octanol–water partition coefficient (Wildman–Crippen LogP) is 2.15. The van der Waals surface area contributed by atoms with Crippen LogP contribution in [-0.2, 0) is 24.1 Å². The lowest BCUT2D eigenvalue weighted by atomic mass is 10.1. The lowest BCUT2D eigenvalue weighted by molar-refractivity contribution is 0.0375. The number of hydrogen-bond donors (Lipinski definition) is 0. The van der Waals surface area contributed by atoms with Crippen LogP contribution >= 0.6 is 0 Å². The van der Waals surface area contributed by atoms with E-state index in [1.807, 2.05) is 6.33 Å². The normalized spacial score (nSPS) is 15.8. The molecule has 7 heteroatoms. The van der Waals surface area contributed by atoms with Crippen LogP contribution in [0.2, 0.25) is 0 Å². The van der Waals surface area contributed by atoms with E-state index in [1.165, 1.54) is 11.1 Å². The first kappa shape index (κ1) is 17.2. The molecule has 7 nitrogen and oxygen atoms in total. The van der Waals surface area contributed by atoms with Crippen molar-refractivity contribution in [1.82, 2.24) is 24.6 Å². The predicted molar refractivity (Wildman–Crippen MR) is 98.2 cm³/mol. The molecule has 0 amide bonds. The molecule has 0 saturated carbocycles. The highest BCUT2D eigenvalue weighted by Gasteiger charge is 2.13. The Morgan fingerprint density at radius 3 is 2.69 bits per heavy atom. The SMILES string of the molecule is Cc1cc2ncn(CCc3noc(CCN4CCOCC4)n3)c2cc1C. The Morgan fingerprint density at radius 2 is 1.85 bits per heavy atom. The number of rotatable bonds is 6. The van der Waals surface area contributed by atoms with Crippen molar-refractivity contribution in [1.29, 1.82) is 0 Å². The second kappa shape index (κ2) is 7.55. The number of aromatic nitrogens is 4. The van der Waals surface area contributed by atoms with Gasteiger partial charge in [0.25, 0.3) is 0 Å². The fraction of sp³-hybridized carbons (Fsp3) is 0.526. The van der Waals surface area contributed by atoms with Gasteiger partial charge in [-0.2, -0.15) is 4.98 Å². The zero-order chi connectivity index (χ0) is 17.9. The van der Waals surface area contributed by atoms with Crippen LogP contribution in [0, 0.1) is 13.8 Å². The molecule has 0 unspecified atom stereocenters. The van der Waals surface area contributed by atoms with E-state index in [1.54, 1.807) is 0 Å². The maximum absolute atomic E-state index is 5.40. The fourth-order valence-corrected chi connectivity index (χ4v) is 3.28. The molecule has 4 rings (SSSR count). The Hall–Kier alpha value is -2.25. The summed E-state index contributed by atoms with van der Waals surface area (Å²) >= 11 is 0. The quantitative estimate of drug-likeness (QED) is 0.675. The monoisotopic (exact) mass is 355 g/mol. The topological polar surface area (TPSA) is 69.2 Å². The summed E-state index contributed by atoms with van der Waals surface area (Å²) in [6.07, 6.45) is 3.42. The van der Waals surface area contributed by atoms with Crippen LogP contribution in [0.25, 0.3) is 11.0 Å². The molecule has 1 saturated heterocycles. The number of benzene rings is 1. The largest absolute Gasteiger partial charge is 0.379 e. The maximum Gasteiger partial charge on any atom is 0.227 e. The number of ether oxygens (including phenoxy) is 1. The van der Waals surface area contributed by atoms with E-state index in [4.69, 9.17) is 9.26 Å². The van der Waals surface area contributed by atoms with Crippen LogP contribution in [0.1, 0.15) is 22.8 Å². The number of morpholine rings is 1. The molecular formula is C19H25N5O2. The van der Waals surface area contributed by atoms with Gasteiger partial charge in [-0.05, 0) is 37.1 Å². The molecule has 0 aliphatic carbocycles. The molecule has 0 spiro atoms. The van der Waals surface area contributed by atoms with Crippen LogP contribution < -0.4 is 0 Å². The van der Waals surface area contributed by atoms with Gasteiger partial charge in [-0.25, -0.2) is 4.98 Å².